The van der Waals surface area contributed by atoms with Crippen LogP contribution in [0.5, 0.6) is 0 Å². The standard InChI is InChI=1S/C13H13F2NOS/c1-9(11-6-4-8-17-11)16-10-5-2-3-7-12(10)18-13(14)15/h2-9,13,16H,1H3. The second-order valence-corrected chi connectivity index (χ2v) is 4.79. The molecular formula is C13H13F2NOS. The Labute approximate surface area is 108 Å². The molecule has 0 aliphatic carbocycles. The van der Waals surface area contributed by atoms with Crippen LogP contribution in [-0.4, -0.2) is 5.76 Å². The molecule has 1 N–H and O–H groups in total. The first kappa shape index (κ1) is 13.0. The van der Waals surface area contributed by atoms with Crippen LogP contribution in [0.2, 0.25) is 0 Å². The highest BCUT2D eigenvalue weighted by atomic mass is 32.2. The minimum atomic E-state index is -2.42. The number of hydrogen-bond acceptors (Lipinski definition) is 3. The maximum atomic E-state index is 12.4. The minimum absolute atomic E-state index is 0.0700. The van der Waals surface area contributed by atoms with Gasteiger partial charge in [-0.25, -0.2) is 0 Å². The quantitative estimate of drug-likeness (QED) is 0.792. The Morgan fingerprint density at radius 3 is 2.61 bits per heavy atom. The SMILES string of the molecule is CC(Nc1ccccc1SC(F)F)c1ccco1. The van der Waals surface area contributed by atoms with Crippen molar-refractivity contribution in [3.8, 4) is 0 Å². The van der Waals surface area contributed by atoms with E-state index in [4.69, 9.17) is 4.42 Å². The Morgan fingerprint density at radius 1 is 1.17 bits per heavy atom. The van der Waals surface area contributed by atoms with Crippen LogP contribution < -0.4 is 5.32 Å². The van der Waals surface area contributed by atoms with E-state index >= 15 is 0 Å². The third kappa shape index (κ3) is 3.26. The number of furan rings is 1. The van der Waals surface area contributed by atoms with Crippen molar-refractivity contribution in [2.45, 2.75) is 23.6 Å². The first-order valence-corrected chi connectivity index (χ1v) is 6.38. The third-order valence-electron chi connectivity index (χ3n) is 2.45. The van der Waals surface area contributed by atoms with Gasteiger partial charge in [-0.2, -0.15) is 8.78 Å². The summed E-state index contributed by atoms with van der Waals surface area (Å²) in [6.07, 6.45) is 1.59. The summed E-state index contributed by atoms with van der Waals surface area (Å²) in [6, 6.07) is 10.6. The van der Waals surface area contributed by atoms with Gasteiger partial charge < -0.3 is 9.73 Å². The lowest BCUT2D eigenvalue weighted by molar-refractivity contribution is 0.252. The Bertz CT molecular complexity index is 487. The van der Waals surface area contributed by atoms with Crippen LogP contribution in [0.3, 0.4) is 0 Å². The normalized spacial score (nSPS) is 12.7. The van der Waals surface area contributed by atoms with E-state index in [0.717, 1.165) is 5.76 Å². The highest BCUT2D eigenvalue weighted by Gasteiger charge is 2.13. The van der Waals surface area contributed by atoms with Gasteiger partial charge in [-0.3, -0.25) is 0 Å². The van der Waals surface area contributed by atoms with Gasteiger partial charge >= 0.3 is 0 Å². The maximum absolute atomic E-state index is 12.4. The van der Waals surface area contributed by atoms with E-state index < -0.39 is 5.76 Å². The van der Waals surface area contributed by atoms with E-state index in [1.807, 2.05) is 19.1 Å². The second-order valence-electron chi connectivity index (χ2n) is 3.76. The summed E-state index contributed by atoms with van der Waals surface area (Å²) < 4.78 is 30.1. The first-order chi connectivity index (χ1) is 8.66. The van der Waals surface area contributed by atoms with Crippen molar-refractivity contribution in [3.63, 3.8) is 0 Å². The lowest BCUT2D eigenvalue weighted by Crippen LogP contribution is -2.06. The van der Waals surface area contributed by atoms with E-state index in [9.17, 15) is 8.78 Å². The average molecular weight is 269 g/mol. The average Bonchev–Trinajstić information content (AvgIpc) is 2.84. The summed E-state index contributed by atoms with van der Waals surface area (Å²) in [4.78, 5) is 0.533. The molecule has 0 spiro atoms. The summed E-state index contributed by atoms with van der Waals surface area (Å²) >= 11 is 0.538. The Morgan fingerprint density at radius 2 is 1.94 bits per heavy atom. The van der Waals surface area contributed by atoms with Crippen molar-refractivity contribution >= 4 is 17.4 Å². The topological polar surface area (TPSA) is 25.2 Å². The second kappa shape index (κ2) is 5.91. The molecule has 0 amide bonds. The van der Waals surface area contributed by atoms with Gasteiger partial charge in [0.1, 0.15) is 5.76 Å². The van der Waals surface area contributed by atoms with Crippen LogP contribution in [0, 0.1) is 0 Å². The number of alkyl halides is 2. The number of rotatable bonds is 5. The first-order valence-electron chi connectivity index (χ1n) is 5.50. The smallest absolute Gasteiger partial charge is 0.288 e. The largest absolute Gasteiger partial charge is 0.467 e. The zero-order valence-electron chi connectivity index (χ0n) is 9.77. The molecule has 0 saturated heterocycles. The summed E-state index contributed by atoms with van der Waals surface area (Å²) in [5.74, 6) is -1.65. The molecule has 0 fully saturated rings. The molecule has 1 heterocycles. The van der Waals surface area contributed by atoms with Gasteiger partial charge in [0.15, 0.2) is 0 Å². The molecule has 2 nitrogen and oxygen atoms in total. The van der Waals surface area contributed by atoms with Crippen LogP contribution in [-0.2, 0) is 0 Å². The van der Waals surface area contributed by atoms with Gasteiger partial charge in [-0.15, -0.1) is 0 Å². The van der Waals surface area contributed by atoms with Gasteiger partial charge in [-0.1, -0.05) is 23.9 Å². The molecule has 1 aromatic carbocycles. The molecule has 1 atom stereocenters. The van der Waals surface area contributed by atoms with E-state index in [0.29, 0.717) is 22.3 Å². The number of hydrogen-bond donors (Lipinski definition) is 1. The molecule has 2 aromatic rings. The van der Waals surface area contributed by atoms with Crippen molar-refractivity contribution in [1.82, 2.24) is 0 Å². The Kier molecular flexibility index (Phi) is 4.25. The molecule has 96 valence electrons. The van der Waals surface area contributed by atoms with Gasteiger partial charge in [-0.05, 0) is 31.2 Å². The predicted octanol–water partition coefficient (Wildman–Crippen LogP) is 4.77. The molecule has 0 aliphatic heterocycles. The van der Waals surface area contributed by atoms with Crippen molar-refractivity contribution in [1.29, 1.82) is 0 Å². The molecule has 1 aromatic heterocycles. The molecule has 5 heteroatoms. The summed E-state index contributed by atoms with van der Waals surface area (Å²) in [5.41, 5.74) is 0.687. The Hall–Kier alpha value is -1.49. The van der Waals surface area contributed by atoms with Crippen LogP contribution in [0.15, 0.2) is 52.0 Å². The number of thioether (sulfide) groups is 1. The van der Waals surface area contributed by atoms with Crippen LogP contribution >= 0.6 is 11.8 Å². The minimum Gasteiger partial charge on any atom is -0.467 e. The summed E-state index contributed by atoms with van der Waals surface area (Å²) in [6.45, 7) is 1.92. The molecule has 0 radical (unpaired) electrons. The van der Waals surface area contributed by atoms with Gasteiger partial charge in [0.05, 0.1) is 12.3 Å². The molecule has 2 rings (SSSR count). The van der Waals surface area contributed by atoms with Crippen molar-refractivity contribution in [3.05, 3.63) is 48.4 Å². The van der Waals surface area contributed by atoms with E-state index in [2.05, 4.69) is 5.32 Å². The fourth-order valence-electron chi connectivity index (χ4n) is 1.63. The molecule has 0 saturated carbocycles. The fraction of sp³-hybridized carbons (Fsp3) is 0.231. The number of nitrogens with one attached hydrogen (secondary N) is 1. The molecule has 0 bridgehead atoms. The fourth-order valence-corrected chi connectivity index (χ4v) is 2.23. The predicted molar refractivity (Wildman–Crippen MR) is 69.0 cm³/mol. The third-order valence-corrected chi connectivity index (χ3v) is 3.23. The van der Waals surface area contributed by atoms with Crippen molar-refractivity contribution in [2.24, 2.45) is 0 Å². The van der Waals surface area contributed by atoms with Crippen LogP contribution in [0.25, 0.3) is 0 Å². The molecule has 1 unspecified atom stereocenters. The Balaban J connectivity index is 2.13. The zero-order valence-corrected chi connectivity index (χ0v) is 10.6. The number of para-hydroxylation sites is 1. The van der Waals surface area contributed by atoms with Crippen molar-refractivity contribution in [2.75, 3.05) is 5.32 Å². The van der Waals surface area contributed by atoms with Gasteiger partial charge in [0.25, 0.3) is 5.76 Å². The summed E-state index contributed by atoms with van der Waals surface area (Å²) in [7, 11) is 0. The van der Waals surface area contributed by atoms with Crippen LogP contribution in [0.1, 0.15) is 18.7 Å². The lowest BCUT2D eigenvalue weighted by Gasteiger charge is -2.15. The van der Waals surface area contributed by atoms with Gasteiger partial charge in [0.2, 0.25) is 0 Å². The molecular weight excluding hydrogens is 256 g/mol. The van der Waals surface area contributed by atoms with Crippen LogP contribution in [0.4, 0.5) is 14.5 Å². The molecule has 18 heavy (non-hydrogen) atoms. The monoisotopic (exact) mass is 269 g/mol. The molecule has 0 aliphatic rings. The lowest BCUT2D eigenvalue weighted by atomic mass is 10.2. The van der Waals surface area contributed by atoms with Gasteiger partial charge in [0, 0.05) is 10.6 Å². The zero-order chi connectivity index (χ0) is 13.0. The maximum Gasteiger partial charge on any atom is 0.288 e. The highest BCUT2D eigenvalue weighted by molar-refractivity contribution is 7.99. The highest BCUT2D eigenvalue weighted by Crippen LogP contribution is 2.33. The summed E-state index contributed by atoms with van der Waals surface area (Å²) in [5, 5.41) is 3.17. The van der Waals surface area contributed by atoms with Crippen molar-refractivity contribution < 1.29 is 13.2 Å². The van der Waals surface area contributed by atoms with E-state index in [1.54, 1.807) is 30.5 Å². The number of anilines is 1. The van der Waals surface area contributed by atoms with E-state index in [1.165, 1.54) is 0 Å². The number of benzene rings is 1. The van der Waals surface area contributed by atoms with E-state index in [-0.39, 0.29) is 6.04 Å². The number of halogens is 2.